The minimum Gasteiger partial charge on any atom is -0.487 e. The standard InChI is InChI=1S/C35H27I2N3O3S/c1-21-13-15-25(16-14-21)31-30(33(41)39-26-11-7-4-8-12-26)22(2)38-35-40(31)34(42)29(44-35)19-24-17-27(36)32(28(37)18-24)43-20-23-9-5-3-6-10-23/h3-19,31H,20H2,1-2H3,(H,39,41)/b29-19-. The van der Waals surface area contributed by atoms with Gasteiger partial charge in [-0.2, -0.15) is 0 Å². The van der Waals surface area contributed by atoms with Gasteiger partial charge in [0.25, 0.3) is 11.5 Å². The van der Waals surface area contributed by atoms with Gasteiger partial charge in [0.15, 0.2) is 4.80 Å². The Morgan fingerprint density at radius 1 is 0.955 bits per heavy atom. The van der Waals surface area contributed by atoms with Crippen molar-refractivity contribution < 1.29 is 9.53 Å². The normalized spacial score (nSPS) is 14.6. The maximum absolute atomic E-state index is 14.1. The number of aryl methyl sites for hydroxylation is 1. The first kappa shape index (κ1) is 30.5. The van der Waals surface area contributed by atoms with Gasteiger partial charge < -0.3 is 10.1 Å². The number of hydrogen-bond acceptors (Lipinski definition) is 5. The van der Waals surface area contributed by atoms with Crippen LogP contribution in [0.3, 0.4) is 0 Å². The van der Waals surface area contributed by atoms with Crippen molar-refractivity contribution in [3.8, 4) is 5.75 Å². The van der Waals surface area contributed by atoms with Crippen LogP contribution in [0.1, 0.15) is 35.2 Å². The molecule has 6 nitrogen and oxygen atoms in total. The zero-order valence-electron chi connectivity index (χ0n) is 23.9. The Morgan fingerprint density at radius 3 is 2.25 bits per heavy atom. The van der Waals surface area contributed by atoms with Gasteiger partial charge in [-0.25, -0.2) is 4.99 Å². The average Bonchev–Trinajstić information content (AvgIpc) is 3.31. The maximum Gasteiger partial charge on any atom is 0.271 e. The van der Waals surface area contributed by atoms with E-state index in [0.29, 0.717) is 32.9 Å². The van der Waals surface area contributed by atoms with E-state index in [9.17, 15) is 9.59 Å². The molecular formula is C35H27I2N3O3S. The SMILES string of the molecule is CC1=C(C(=O)Nc2ccccc2)C(c2ccc(C)cc2)n2c(s/c(=C\c3cc(I)c(OCc4ccccc4)c(I)c3)c2=O)=N1. The molecule has 0 saturated heterocycles. The Balaban J connectivity index is 1.40. The Hall–Kier alpha value is -3.55. The fraction of sp³-hybridized carbons (Fsp3) is 0.114. The second-order valence-corrected chi connectivity index (χ2v) is 13.7. The minimum atomic E-state index is -0.619. The van der Waals surface area contributed by atoms with E-state index in [-0.39, 0.29) is 11.5 Å². The molecule has 44 heavy (non-hydrogen) atoms. The lowest BCUT2D eigenvalue weighted by Crippen LogP contribution is -2.40. The molecule has 9 heteroatoms. The molecule has 1 unspecified atom stereocenters. The van der Waals surface area contributed by atoms with E-state index in [1.165, 1.54) is 11.3 Å². The zero-order chi connectivity index (χ0) is 30.8. The first-order valence-electron chi connectivity index (χ1n) is 13.9. The molecule has 1 aliphatic rings. The van der Waals surface area contributed by atoms with E-state index in [2.05, 4.69) is 50.5 Å². The predicted octanol–water partition coefficient (Wildman–Crippen LogP) is 6.97. The second kappa shape index (κ2) is 13.2. The topological polar surface area (TPSA) is 72.7 Å². The van der Waals surface area contributed by atoms with Crippen molar-refractivity contribution in [1.29, 1.82) is 0 Å². The van der Waals surface area contributed by atoms with Gasteiger partial charge >= 0.3 is 0 Å². The number of para-hydroxylation sites is 1. The van der Waals surface area contributed by atoms with Crippen LogP contribution in [0, 0.1) is 14.1 Å². The van der Waals surface area contributed by atoms with Crippen LogP contribution in [-0.4, -0.2) is 10.5 Å². The largest absolute Gasteiger partial charge is 0.487 e. The van der Waals surface area contributed by atoms with Gasteiger partial charge in [-0.1, -0.05) is 89.7 Å². The van der Waals surface area contributed by atoms with E-state index in [1.807, 2.05) is 117 Å². The average molecular weight is 823 g/mol. The quantitative estimate of drug-likeness (QED) is 0.181. The van der Waals surface area contributed by atoms with Crippen LogP contribution in [0.15, 0.2) is 118 Å². The highest BCUT2D eigenvalue weighted by Gasteiger charge is 2.32. The fourth-order valence-corrected chi connectivity index (χ4v) is 8.25. The van der Waals surface area contributed by atoms with Gasteiger partial charge in [-0.3, -0.25) is 14.2 Å². The molecule has 0 aliphatic carbocycles. The molecule has 220 valence electrons. The fourth-order valence-electron chi connectivity index (χ4n) is 5.08. The molecule has 0 spiro atoms. The summed E-state index contributed by atoms with van der Waals surface area (Å²) < 4.78 is 10.3. The molecule has 1 amide bonds. The summed E-state index contributed by atoms with van der Waals surface area (Å²) in [6, 6.07) is 30.7. The lowest BCUT2D eigenvalue weighted by atomic mass is 9.94. The number of anilines is 1. The molecule has 5 aromatic rings. The van der Waals surface area contributed by atoms with Crippen molar-refractivity contribution in [3.05, 3.63) is 157 Å². The number of halogens is 2. The van der Waals surface area contributed by atoms with Gasteiger partial charge in [-0.15, -0.1) is 0 Å². The number of amides is 1. The number of nitrogens with zero attached hydrogens (tertiary/aromatic N) is 2. The number of rotatable bonds is 7. The van der Waals surface area contributed by atoms with Crippen molar-refractivity contribution in [2.75, 3.05) is 5.32 Å². The summed E-state index contributed by atoms with van der Waals surface area (Å²) in [5.74, 6) is 0.533. The summed E-state index contributed by atoms with van der Waals surface area (Å²) in [6.45, 7) is 4.32. The molecule has 4 aromatic carbocycles. The van der Waals surface area contributed by atoms with Gasteiger partial charge in [-0.05, 0) is 106 Å². The third kappa shape index (κ3) is 6.45. The van der Waals surface area contributed by atoms with Gasteiger partial charge in [0, 0.05) is 5.69 Å². The van der Waals surface area contributed by atoms with Crippen molar-refractivity contribution in [1.82, 2.24) is 4.57 Å². The molecule has 2 heterocycles. The zero-order valence-corrected chi connectivity index (χ0v) is 29.0. The van der Waals surface area contributed by atoms with E-state index < -0.39 is 6.04 Å². The number of aromatic nitrogens is 1. The molecule has 0 radical (unpaired) electrons. The number of carbonyl (C=O) groups is 1. The number of fused-ring (bicyclic) bond motifs is 1. The van der Waals surface area contributed by atoms with E-state index in [4.69, 9.17) is 9.73 Å². The van der Waals surface area contributed by atoms with Crippen LogP contribution in [0.2, 0.25) is 0 Å². The van der Waals surface area contributed by atoms with E-state index in [0.717, 1.165) is 35.1 Å². The summed E-state index contributed by atoms with van der Waals surface area (Å²) in [4.78, 5) is 33.2. The van der Waals surface area contributed by atoms with Crippen LogP contribution in [0.25, 0.3) is 6.08 Å². The van der Waals surface area contributed by atoms with Crippen molar-refractivity contribution in [2.45, 2.75) is 26.5 Å². The van der Waals surface area contributed by atoms with Crippen LogP contribution in [0.5, 0.6) is 5.75 Å². The lowest BCUT2D eigenvalue weighted by molar-refractivity contribution is -0.113. The summed E-state index contributed by atoms with van der Waals surface area (Å²) in [6.07, 6.45) is 1.89. The molecule has 0 saturated carbocycles. The Bertz CT molecular complexity index is 2050. The highest BCUT2D eigenvalue weighted by molar-refractivity contribution is 14.1. The second-order valence-electron chi connectivity index (χ2n) is 10.4. The van der Waals surface area contributed by atoms with Gasteiger partial charge in [0.2, 0.25) is 0 Å². The molecule has 1 atom stereocenters. The van der Waals surface area contributed by atoms with Crippen LogP contribution in [-0.2, 0) is 11.4 Å². The smallest absolute Gasteiger partial charge is 0.271 e. The number of benzene rings is 4. The minimum absolute atomic E-state index is 0.189. The Kier molecular flexibility index (Phi) is 9.15. The summed E-state index contributed by atoms with van der Waals surface area (Å²) in [7, 11) is 0. The number of nitrogens with one attached hydrogen (secondary N) is 1. The van der Waals surface area contributed by atoms with Crippen LogP contribution >= 0.6 is 56.5 Å². The first-order chi connectivity index (χ1) is 21.3. The molecular weight excluding hydrogens is 796 g/mol. The summed E-state index contributed by atoms with van der Waals surface area (Å²) in [5.41, 5.74) is 5.45. The van der Waals surface area contributed by atoms with Crippen LogP contribution in [0.4, 0.5) is 5.69 Å². The Labute approximate surface area is 286 Å². The molecule has 1 aromatic heterocycles. The van der Waals surface area contributed by atoms with E-state index in [1.54, 1.807) is 4.57 Å². The molecule has 1 aliphatic heterocycles. The molecule has 1 N–H and O–H groups in total. The summed E-state index contributed by atoms with van der Waals surface area (Å²) in [5, 5.41) is 3.00. The predicted molar refractivity (Wildman–Crippen MR) is 193 cm³/mol. The number of hydrogen-bond donors (Lipinski definition) is 1. The van der Waals surface area contributed by atoms with Crippen molar-refractivity contribution in [2.24, 2.45) is 4.99 Å². The number of allylic oxidation sites excluding steroid dienone is 1. The van der Waals surface area contributed by atoms with Gasteiger partial charge in [0.1, 0.15) is 12.4 Å². The van der Waals surface area contributed by atoms with Crippen molar-refractivity contribution >= 4 is 74.2 Å². The highest BCUT2D eigenvalue weighted by atomic mass is 127. The molecule has 6 rings (SSSR count). The van der Waals surface area contributed by atoms with Crippen molar-refractivity contribution in [3.63, 3.8) is 0 Å². The molecule has 0 bridgehead atoms. The summed E-state index contributed by atoms with van der Waals surface area (Å²) >= 11 is 5.89. The van der Waals surface area contributed by atoms with E-state index >= 15 is 0 Å². The van der Waals surface area contributed by atoms with Crippen LogP contribution < -0.4 is 24.9 Å². The number of carbonyl (C=O) groups excluding carboxylic acids is 1. The maximum atomic E-state index is 14.1. The molecule has 0 fully saturated rings. The highest BCUT2D eigenvalue weighted by Crippen LogP contribution is 2.32. The van der Waals surface area contributed by atoms with Gasteiger partial charge in [0.05, 0.1) is 29.0 Å². The monoisotopic (exact) mass is 823 g/mol. The third-order valence-electron chi connectivity index (χ3n) is 7.24. The number of thiazole rings is 1. The number of ether oxygens (including phenoxy) is 1. The lowest BCUT2D eigenvalue weighted by Gasteiger charge is -2.25. The Morgan fingerprint density at radius 2 is 1.59 bits per heavy atom. The third-order valence-corrected chi connectivity index (χ3v) is 9.82. The first-order valence-corrected chi connectivity index (χ1v) is 16.9.